The number of aromatic nitrogens is 2. The molecule has 1 aromatic heterocycles. The van der Waals surface area contributed by atoms with Gasteiger partial charge >= 0.3 is 0 Å². The fourth-order valence-corrected chi connectivity index (χ4v) is 1.49. The molecule has 5 heteroatoms. The molecule has 1 aliphatic carbocycles. The van der Waals surface area contributed by atoms with Crippen molar-refractivity contribution in [2.45, 2.75) is 25.2 Å². The Labute approximate surface area is 87.7 Å². The van der Waals surface area contributed by atoms with Crippen LogP contribution in [-0.2, 0) is 6.42 Å². The normalized spacial score (nSPS) is 15.4. The van der Waals surface area contributed by atoms with E-state index in [4.69, 9.17) is 10.5 Å². The van der Waals surface area contributed by atoms with E-state index in [1.54, 1.807) is 0 Å². The second-order valence-electron chi connectivity index (χ2n) is 3.66. The van der Waals surface area contributed by atoms with Gasteiger partial charge in [-0.05, 0) is 19.4 Å². The maximum atomic E-state index is 13.7. The summed E-state index contributed by atoms with van der Waals surface area (Å²) in [6.45, 7) is 0.457. The van der Waals surface area contributed by atoms with Crippen LogP contribution in [0, 0.1) is 5.82 Å². The highest BCUT2D eigenvalue weighted by molar-refractivity contribution is 5.25. The van der Waals surface area contributed by atoms with E-state index < -0.39 is 5.82 Å². The number of nitrogens with zero attached hydrogens (tertiary/aromatic N) is 2. The molecule has 1 heterocycles. The lowest BCUT2D eigenvalue weighted by Gasteiger charge is -2.07. The molecule has 0 atom stereocenters. The monoisotopic (exact) mass is 211 g/mol. The lowest BCUT2D eigenvalue weighted by molar-refractivity contribution is 0.361. The lowest BCUT2D eigenvalue weighted by atomic mass is 10.2. The zero-order chi connectivity index (χ0) is 10.8. The highest BCUT2D eigenvalue weighted by Crippen LogP contribution is 2.41. The fraction of sp³-hybridized carbons (Fsp3) is 0.600. The van der Waals surface area contributed by atoms with Gasteiger partial charge in [0.1, 0.15) is 5.82 Å². The van der Waals surface area contributed by atoms with Gasteiger partial charge in [-0.3, -0.25) is 0 Å². The molecule has 0 aliphatic heterocycles. The molecule has 0 bridgehead atoms. The van der Waals surface area contributed by atoms with Gasteiger partial charge in [0.05, 0.1) is 12.8 Å². The molecule has 0 saturated heterocycles. The van der Waals surface area contributed by atoms with Crippen molar-refractivity contribution in [3.05, 3.63) is 17.3 Å². The minimum Gasteiger partial charge on any atom is -0.479 e. The van der Waals surface area contributed by atoms with E-state index in [1.807, 2.05) is 0 Å². The number of ether oxygens (including phenoxy) is 1. The van der Waals surface area contributed by atoms with Crippen molar-refractivity contribution >= 4 is 0 Å². The maximum Gasteiger partial charge on any atom is 0.253 e. The Hall–Kier alpha value is -1.23. The van der Waals surface area contributed by atoms with Gasteiger partial charge in [0.15, 0.2) is 0 Å². The molecule has 1 aromatic rings. The van der Waals surface area contributed by atoms with Crippen LogP contribution >= 0.6 is 0 Å². The lowest BCUT2D eigenvalue weighted by Crippen LogP contribution is -2.10. The van der Waals surface area contributed by atoms with Gasteiger partial charge < -0.3 is 10.5 Å². The molecule has 0 spiro atoms. The predicted molar refractivity (Wildman–Crippen MR) is 53.3 cm³/mol. The summed E-state index contributed by atoms with van der Waals surface area (Å²) in [6.07, 6.45) is 2.55. The summed E-state index contributed by atoms with van der Waals surface area (Å²) in [5.41, 5.74) is 5.91. The first-order valence-corrected chi connectivity index (χ1v) is 5.06. The van der Waals surface area contributed by atoms with Crippen molar-refractivity contribution in [3.8, 4) is 5.88 Å². The molecule has 1 fully saturated rings. The minimum absolute atomic E-state index is 0.0374. The van der Waals surface area contributed by atoms with Crippen molar-refractivity contribution in [2.75, 3.05) is 13.7 Å². The minimum atomic E-state index is -0.416. The summed E-state index contributed by atoms with van der Waals surface area (Å²) in [6, 6.07) is 0. The average molecular weight is 211 g/mol. The fourth-order valence-electron chi connectivity index (χ4n) is 1.49. The number of hydrogen-bond acceptors (Lipinski definition) is 4. The van der Waals surface area contributed by atoms with Crippen LogP contribution in [0.1, 0.15) is 30.3 Å². The van der Waals surface area contributed by atoms with Crippen LogP contribution in [-0.4, -0.2) is 23.6 Å². The largest absolute Gasteiger partial charge is 0.479 e. The van der Waals surface area contributed by atoms with Crippen molar-refractivity contribution < 1.29 is 9.13 Å². The Morgan fingerprint density at radius 1 is 1.47 bits per heavy atom. The number of rotatable bonds is 4. The molecule has 15 heavy (non-hydrogen) atoms. The quantitative estimate of drug-likeness (QED) is 0.807. The number of hydrogen-bond donors (Lipinski definition) is 1. The van der Waals surface area contributed by atoms with Gasteiger partial charge in [0, 0.05) is 12.3 Å². The molecule has 0 radical (unpaired) electrons. The van der Waals surface area contributed by atoms with Gasteiger partial charge in [0.25, 0.3) is 5.88 Å². The molecule has 4 nitrogen and oxygen atoms in total. The molecule has 2 N–H and O–H groups in total. The predicted octanol–water partition coefficient (Wildman–Crippen LogP) is 1.00. The Morgan fingerprint density at radius 2 is 2.20 bits per heavy atom. The summed E-state index contributed by atoms with van der Waals surface area (Å²) in [5, 5.41) is 0. The first kappa shape index (κ1) is 10.3. The second kappa shape index (κ2) is 4.10. The van der Waals surface area contributed by atoms with Crippen molar-refractivity contribution in [3.63, 3.8) is 0 Å². The van der Waals surface area contributed by atoms with E-state index in [0.29, 0.717) is 24.5 Å². The van der Waals surface area contributed by atoms with E-state index in [0.717, 1.165) is 12.8 Å². The highest BCUT2D eigenvalue weighted by Gasteiger charge is 2.30. The topological polar surface area (TPSA) is 61.0 Å². The SMILES string of the molecule is COc1nc(CCN)nc(C2CC2)c1F. The molecule has 1 saturated carbocycles. The Balaban J connectivity index is 2.38. The average Bonchev–Trinajstić information content (AvgIpc) is 3.04. The van der Waals surface area contributed by atoms with E-state index in [9.17, 15) is 4.39 Å². The smallest absolute Gasteiger partial charge is 0.253 e. The first-order chi connectivity index (χ1) is 7.26. The van der Waals surface area contributed by atoms with Crippen LogP contribution < -0.4 is 10.5 Å². The summed E-state index contributed by atoms with van der Waals surface area (Å²) in [4.78, 5) is 8.15. The van der Waals surface area contributed by atoms with E-state index in [2.05, 4.69) is 9.97 Å². The van der Waals surface area contributed by atoms with Crippen LogP contribution in [0.4, 0.5) is 4.39 Å². The second-order valence-corrected chi connectivity index (χ2v) is 3.66. The number of methoxy groups -OCH3 is 1. The maximum absolute atomic E-state index is 13.7. The molecule has 0 unspecified atom stereocenters. The van der Waals surface area contributed by atoms with Gasteiger partial charge in [-0.1, -0.05) is 0 Å². The van der Waals surface area contributed by atoms with E-state index >= 15 is 0 Å². The van der Waals surface area contributed by atoms with Crippen molar-refractivity contribution in [1.29, 1.82) is 0 Å². The zero-order valence-corrected chi connectivity index (χ0v) is 8.66. The van der Waals surface area contributed by atoms with Crippen LogP contribution in [0.25, 0.3) is 0 Å². The third kappa shape index (κ3) is 2.07. The van der Waals surface area contributed by atoms with E-state index in [-0.39, 0.29) is 11.8 Å². The highest BCUT2D eigenvalue weighted by atomic mass is 19.1. The van der Waals surface area contributed by atoms with Gasteiger partial charge in [-0.2, -0.15) is 9.37 Å². The van der Waals surface area contributed by atoms with Crippen LogP contribution in [0.2, 0.25) is 0 Å². The third-order valence-electron chi connectivity index (χ3n) is 2.42. The molecular formula is C10H14FN3O. The van der Waals surface area contributed by atoms with E-state index in [1.165, 1.54) is 7.11 Å². The zero-order valence-electron chi connectivity index (χ0n) is 8.66. The molecule has 2 rings (SSSR count). The summed E-state index contributed by atoms with van der Waals surface area (Å²) < 4.78 is 18.6. The Kier molecular flexibility index (Phi) is 2.81. The molecular weight excluding hydrogens is 197 g/mol. The Morgan fingerprint density at radius 3 is 2.73 bits per heavy atom. The molecule has 82 valence electrons. The molecule has 1 aliphatic rings. The Bertz CT molecular complexity index is 366. The third-order valence-corrected chi connectivity index (χ3v) is 2.42. The molecule has 0 aromatic carbocycles. The summed E-state index contributed by atoms with van der Waals surface area (Å²) >= 11 is 0. The van der Waals surface area contributed by atoms with Crippen LogP contribution in [0.5, 0.6) is 5.88 Å². The van der Waals surface area contributed by atoms with Gasteiger partial charge in [0.2, 0.25) is 5.82 Å². The van der Waals surface area contributed by atoms with Crippen LogP contribution in [0.3, 0.4) is 0 Å². The standard InChI is InChI=1S/C10H14FN3O/c1-15-10-8(11)9(6-2-3-6)13-7(14-10)4-5-12/h6H,2-5,12H2,1H3. The van der Waals surface area contributed by atoms with Crippen molar-refractivity contribution in [1.82, 2.24) is 9.97 Å². The first-order valence-electron chi connectivity index (χ1n) is 5.06. The van der Waals surface area contributed by atoms with Gasteiger partial charge in [-0.25, -0.2) is 4.98 Å². The summed E-state index contributed by atoms with van der Waals surface area (Å²) in [7, 11) is 1.41. The molecule has 0 amide bonds. The van der Waals surface area contributed by atoms with Gasteiger partial charge in [-0.15, -0.1) is 0 Å². The van der Waals surface area contributed by atoms with Crippen molar-refractivity contribution in [2.24, 2.45) is 5.73 Å². The number of nitrogens with two attached hydrogens (primary N) is 1. The van der Waals surface area contributed by atoms with Crippen LogP contribution in [0.15, 0.2) is 0 Å². The summed E-state index contributed by atoms with van der Waals surface area (Å²) in [5.74, 6) is 0.437. The number of halogens is 1.